The van der Waals surface area contributed by atoms with E-state index in [0.717, 1.165) is 16.7 Å². The number of rotatable bonds is 1. The highest BCUT2D eigenvalue weighted by Gasteiger charge is 2.24. The second kappa shape index (κ2) is 5.84. The Morgan fingerprint density at radius 2 is 1.48 bits per heavy atom. The zero-order valence-corrected chi connectivity index (χ0v) is 16.9. The number of halogens is 1. The summed E-state index contributed by atoms with van der Waals surface area (Å²) in [7, 11) is 0. The minimum Gasteiger partial charge on any atom is -0.150 e. The molecule has 0 radical (unpaired) electrons. The van der Waals surface area contributed by atoms with Crippen molar-refractivity contribution in [2.24, 2.45) is 0 Å². The molecule has 0 amide bonds. The fraction of sp³-hybridized carbons (Fsp3) is 0.429. The highest BCUT2D eigenvalue weighted by molar-refractivity contribution is 6.31. The number of aromatic nitrogens is 3. The topological polar surface area (TPSA) is 30.7 Å². The standard InChI is InChI=1S/C21H26ClN3/c1-13-16(21(5,6)7)10-14(20(2,3)4)11-19(13)25-23-17-9-8-15(22)12-18(17)24-25/h8-12H,1-7H3. The van der Waals surface area contributed by atoms with Crippen LogP contribution in [-0.2, 0) is 10.8 Å². The molecule has 1 heterocycles. The molecule has 0 aliphatic rings. The Balaban J connectivity index is 2.29. The molecule has 2 aromatic carbocycles. The molecule has 0 aliphatic carbocycles. The molecular formula is C21H26ClN3. The van der Waals surface area contributed by atoms with Gasteiger partial charge in [0.1, 0.15) is 11.0 Å². The zero-order valence-electron chi connectivity index (χ0n) is 16.1. The minimum absolute atomic E-state index is 0.0516. The molecule has 0 unspecified atom stereocenters. The van der Waals surface area contributed by atoms with Crippen molar-refractivity contribution in [2.45, 2.75) is 59.3 Å². The van der Waals surface area contributed by atoms with Crippen LogP contribution in [0.3, 0.4) is 0 Å². The molecular weight excluding hydrogens is 330 g/mol. The maximum absolute atomic E-state index is 6.10. The summed E-state index contributed by atoms with van der Waals surface area (Å²) < 4.78 is 0. The highest BCUT2D eigenvalue weighted by Crippen LogP contribution is 2.34. The average Bonchev–Trinajstić information content (AvgIpc) is 2.87. The van der Waals surface area contributed by atoms with Gasteiger partial charge in [0.2, 0.25) is 0 Å². The number of hydrogen-bond acceptors (Lipinski definition) is 2. The lowest BCUT2D eigenvalue weighted by Crippen LogP contribution is -2.20. The second-order valence-electron chi connectivity index (χ2n) is 8.79. The third kappa shape index (κ3) is 3.43. The lowest BCUT2D eigenvalue weighted by atomic mass is 9.78. The summed E-state index contributed by atoms with van der Waals surface area (Å²) in [4.78, 5) is 1.75. The van der Waals surface area contributed by atoms with Gasteiger partial charge in [-0.3, -0.25) is 0 Å². The van der Waals surface area contributed by atoms with Crippen molar-refractivity contribution in [1.29, 1.82) is 0 Å². The Hall–Kier alpha value is -1.87. The third-order valence-electron chi connectivity index (χ3n) is 4.61. The normalized spacial score (nSPS) is 12.8. The van der Waals surface area contributed by atoms with Gasteiger partial charge >= 0.3 is 0 Å². The first-order valence-corrected chi connectivity index (χ1v) is 9.03. The Kier molecular flexibility index (Phi) is 4.19. The van der Waals surface area contributed by atoms with Crippen molar-refractivity contribution in [3.05, 3.63) is 52.0 Å². The van der Waals surface area contributed by atoms with Gasteiger partial charge in [0, 0.05) is 5.02 Å². The van der Waals surface area contributed by atoms with Crippen LogP contribution in [0.15, 0.2) is 30.3 Å². The van der Waals surface area contributed by atoms with Crippen LogP contribution in [0.25, 0.3) is 16.7 Å². The molecule has 0 fully saturated rings. The van der Waals surface area contributed by atoms with Gasteiger partial charge in [-0.25, -0.2) is 0 Å². The highest BCUT2D eigenvalue weighted by atomic mass is 35.5. The van der Waals surface area contributed by atoms with Crippen LogP contribution in [0.5, 0.6) is 0 Å². The first kappa shape index (κ1) is 17.9. The number of benzene rings is 2. The van der Waals surface area contributed by atoms with E-state index in [2.05, 4.69) is 70.8 Å². The molecule has 0 atom stereocenters. The summed E-state index contributed by atoms with van der Waals surface area (Å²) in [6, 6.07) is 10.2. The summed E-state index contributed by atoms with van der Waals surface area (Å²) in [6.07, 6.45) is 0. The molecule has 0 bridgehead atoms. The summed E-state index contributed by atoms with van der Waals surface area (Å²) in [5.41, 5.74) is 6.63. The SMILES string of the molecule is Cc1c(-n2nc3ccc(Cl)cc3n2)cc(C(C)(C)C)cc1C(C)(C)C. The molecule has 0 saturated heterocycles. The van der Waals surface area contributed by atoms with Gasteiger partial charge < -0.3 is 0 Å². The molecule has 4 heteroatoms. The molecule has 0 N–H and O–H groups in total. The van der Waals surface area contributed by atoms with E-state index in [-0.39, 0.29) is 10.8 Å². The summed E-state index contributed by atoms with van der Waals surface area (Å²) in [5, 5.41) is 10.0. The first-order chi connectivity index (χ1) is 11.5. The lowest BCUT2D eigenvalue weighted by molar-refractivity contribution is 0.562. The van der Waals surface area contributed by atoms with E-state index < -0.39 is 0 Å². The van der Waals surface area contributed by atoms with Crippen molar-refractivity contribution in [3.8, 4) is 5.69 Å². The van der Waals surface area contributed by atoms with Crippen LogP contribution < -0.4 is 0 Å². The predicted molar refractivity (Wildman–Crippen MR) is 106 cm³/mol. The van der Waals surface area contributed by atoms with Crippen molar-refractivity contribution < 1.29 is 0 Å². The van der Waals surface area contributed by atoms with Crippen molar-refractivity contribution in [1.82, 2.24) is 15.0 Å². The molecule has 0 aliphatic heterocycles. The van der Waals surface area contributed by atoms with Crippen LogP contribution in [0.1, 0.15) is 58.2 Å². The van der Waals surface area contributed by atoms with Crippen LogP contribution in [0, 0.1) is 6.92 Å². The summed E-state index contributed by atoms with van der Waals surface area (Å²) in [6.45, 7) is 15.6. The molecule has 0 saturated carbocycles. The van der Waals surface area contributed by atoms with Crippen LogP contribution in [0.4, 0.5) is 0 Å². The predicted octanol–water partition coefficient (Wildman–Crippen LogP) is 5.98. The molecule has 132 valence electrons. The van der Waals surface area contributed by atoms with E-state index in [1.807, 2.05) is 18.2 Å². The molecule has 1 aromatic heterocycles. The molecule has 3 nitrogen and oxygen atoms in total. The van der Waals surface area contributed by atoms with Crippen LogP contribution in [0.2, 0.25) is 5.02 Å². The lowest BCUT2D eigenvalue weighted by Gasteiger charge is -2.28. The molecule has 3 aromatic rings. The quantitative estimate of drug-likeness (QED) is 0.537. The van der Waals surface area contributed by atoms with E-state index in [0.29, 0.717) is 5.02 Å². The zero-order chi connectivity index (χ0) is 18.6. The molecule has 3 rings (SSSR count). The van der Waals surface area contributed by atoms with Crippen LogP contribution >= 0.6 is 11.6 Å². The largest absolute Gasteiger partial charge is 0.150 e. The first-order valence-electron chi connectivity index (χ1n) is 8.65. The van der Waals surface area contributed by atoms with E-state index in [9.17, 15) is 0 Å². The van der Waals surface area contributed by atoms with E-state index in [4.69, 9.17) is 11.6 Å². The molecule has 0 spiro atoms. The van der Waals surface area contributed by atoms with Crippen molar-refractivity contribution >= 4 is 22.6 Å². The fourth-order valence-electron chi connectivity index (χ4n) is 3.11. The maximum atomic E-state index is 6.10. The van der Waals surface area contributed by atoms with Gasteiger partial charge in [-0.2, -0.15) is 4.80 Å². The van der Waals surface area contributed by atoms with E-state index in [1.54, 1.807) is 4.80 Å². The van der Waals surface area contributed by atoms with Crippen LogP contribution in [-0.4, -0.2) is 15.0 Å². The van der Waals surface area contributed by atoms with Gasteiger partial charge in [0.15, 0.2) is 0 Å². The van der Waals surface area contributed by atoms with Gasteiger partial charge in [0.05, 0.1) is 5.69 Å². The number of nitrogens with zero attached hydrogens (tertiary/aromatic N) is 3. The fourth-order valence-corrected chi connectivity index (χ4v) is 3.28. The van der Waals surface area contributed by atoms with Gasteiger partial charge in [-0.1, -0.05) is 59.2 Å². The maximum Gasteiger partial charge on any atom is 0.115 e. The smallest absolute Gasteiger partial charge is 0.115 e. The Labute approximate surface area is 155 Å². The van der Waals surface area contributed by atoms with Crippen molar-refractivity contribution in [2.75, 3.05) is 0 Å². The Morgan fingerprint density at radius 3 is 2.08 bits per heavy atom. The third-order valence-corrected chi connectivity index (χ3v) is 4.85. The minimum atomic E-state index is 0.0516. The molecule has 25 heavy (non-hydrogen) atoms. The van der Waals surface area contributed by atoms with Gasteiger partial charge in [-0.15, -0.1) is 10.2 Å². The van der Waals surface area contributed by atoms with E-state index >= 15 is 0 Å². The summed E-state index contributed by atoms with van der Waals surface area (Å²) >= 11 is 6.10. The summed E-state index contributed by atoms with van der Waals surface area (Å²) in [5.74, 6) is 0. The number of fused-ring (bicyclic) bond motifs is 1. The Bertz CT molecular complexity index is 940. The van der Waals surface area contributed by atoms with Gasteiger partial charge in [-0.05, 0) is 58.7 Å². The Morgan fingerprint density at radius 1 is 0.840 bits per heavy atom. The van der Waals surface area contributed by atoms with Crippen molar-refractivity contribution in [3.63, 3.8) is 0 Å². The number of hydrogen-bond donors (Lipinski definition) is 0. The second-order valence-corrected chi connectivity index (χ2v) is 9.23. The average molecular weight is 356 g/mol. The van der Waals surface area contributed by atoms with E-state index in [1.165, 1.54) is 16.7 Å². The van der Waals surface area contributed by atoms with Gasteiger partial charge in [0.25, 0.3) is 0 Å². The monoisotopic (exact) mass is 355 g/mol.